The van der Waals surface area contributed by atoms with Gasteiger partial charge in [0, 0.05) is 11.4 Å². The molecule has 4 aromatic rings. The Labute approximate surface area is 284 Å². The monoisotopic (exact) mass is 703 g/mol. The highest BCUT2D eigenvalue weighted by Crippen LogP contribution is 2.44. The number of fused-ring (bicyclic) bond motifs is 1. The zero-order valence-electron chi connectivity index (χ0n) is 27.7. The first-order chi connectivity index (χ1) is 21.9. The molecule has 1 aromatic heterocycles. The second-order valence-electron chi connectivity index (χ2n) is 12.4. The van der Waals surface area contributed by atoms with Crippen LogP contribution in [-0.2, 0) is 16.8 Å². The number of nitrogens with one attached hydrogen (secondary N) is 2. The van der Waals surface area contributed by atoms with E-state index in [2.05, 4.69) is 78.5 Å². The zero-order valence-corrected chi connectivity index (χ0v) is 30.1. The van der Waals surface area contributed by atoms with Crippen molar-refractivity contribution < 1.29 is 14.3 Å². The van der Waals surface area contributed by atoms with Crippen LogP contribution in [0.3, 0.4) is 0 Å². The lowest BCUT2D eigenvalue weighted by Gasteiger charge is -2.29. The average molecular weight is 705 g/mol. The van der Waals surface area contributed by atoms with Gasteiger partial charge in [-0.25, -0.2) is 4.68 Å². The van der Waals surface area contributed by atoms with Crippen LogP contribution in [0.4, 0.5) is 11.6 Å². The van der Waals surface area contributed by atoms with E-state index in [0.29, 0.717) is 47.1 Å². The quantitative estimate of drug-likeness (QED) is 0.159. The number of nitrogens with zero attached hydrogens (tertiary/aromatic N) is 3. The third-order valence-corrected chi connectivity index (χ3v) is 9.36. The second-order valence-corrected chi connectivity index (χ2v) is 14.4. The normalized spacial score (nSPS) is 14.5. The third kappa shape index (κ3) is 7.13. The maximum absolute atomic E-state index is 14.1. The van der Waals surface area contributed by atoms with Crippen molar-refractivity contribution in [3.05, 3.63) is 98.2 Å². The number of anilines is 2. The summed E-state index contributed by atoms with van der Waals surface area (Å²) in [7, 11) is 0. The van der Waals surface area contributed by atoms with Crippen molar-refractivity contribution in [3.8, 4) is 11.5 Å². The molecule has 0 spiro atoms. The Balaban J connectivity index is 1.54. The van der Waals surface area contributed by atoms with Crippen molar-refractivity contribution in [2.75, 3.05) is 23.0 Å². The van der Waals surface area contributed by atoms with Crippen molar-refractivity contribution in [1.29, 1.82) is 0 Å². The SMILES string of the molecule is CCOc1cc(C2C(C(=O)Nc3cccc(C)c3C)=C(C)Nc3nc(SCC)nn32)cc(Br)c1OCc1ccc(C(C)(C)C)cc1. The minimum Gasteiger partial charge on any atom is -0.490 e. The van der Waals surface area contributed by atoms with Crippen LogP contribution < -0.4 is 20.1 Å². The van der Waals surface area contributed by atoms with Crippen LogP contribution in [0, 0.1) is 13.8 Å². The molecular weight excluding hydrogens is 662 g/mol. The number of carbonyl (C=O) groups excluding carboxylic acids is 1. The summed E-state index contributed by atoms with van der Waals surface area (Å²) in [6.45, 7) is 17.4. The lowest BCUT2D eigenvalue weighted by molar-refractivity contribution is -0.113. The molecule has 46 heavy (non-hydrogen) atoms. The number of amides is 1. The first kappa shape index (κ1) is 33.6. The molecule has 0 saturated carbocycles. The minimum absolute atomic E-state index is 0.0798. The van der Waals surface area contributed by atoms with E-state index in [0.717, 1.165) is 38.2 Å². The van der Waals surface area contributed by atoms with Crippen LogP contribution in [0.2, 0.25) is 0 Å². The highest BCUT2D eigenvalue weighted by atomic mass is 79.9. The van der Waals surface area contributed by atoms with E-state index in [1.54, 1.807) is 16.4 Å². The Hall–Kier alpha value is -3.76. The average Bonchev–Trinajstić information content (AvgIpc) is 3.40. The first-order valence-electron chi connectivity index (χ1n) is 15.5. The summed E-state index contributed by atoms with van der Waals surface area (Å²) in [5.74, 6) is 2.36. The topological polar surface area (TPSA) is 90.3 Å². The van der Waals surface area contributed by atoms with Gasteiger partial charge in [0.1, 0.15) is 12.6 Å². The molecule has 1 unspecified atom stereocenters. The number of thioether (sulfide) groups is 1. The summed E-state index contributed by atoms with van der Waals surface area (Å²) in [6, 6.07) is 17.8. The molecule has 1 amide bonds. The predicted molar refractivity (Wildman–Crippen MR) is 190 cm³/mol. The van der Waals surface area contributed by atoms with Gasteiger partial charge in [0.25, 0.3) is 5.91 Å². The molecule has 2 N–H and O–H groups in total. The maximum Gasteiger partial charge on any atom is 0.255 e. The number of aryl methyl sites for hydroxylation is 1. The summed E-state index contributed by atoms with van der Waals surface area (Å²) in [5.41, 5.74) is 7.35. The number of aromatic nitrogens is 3. The van der Waals surface area contributed by atoms with Gasteiger partial charge in [0.05, 0.1) is 16.7 Å². The lowest BCUT2D eigenvalue weighted by atomic mass is 9.87. The fourth-order valence-electron chi connectivity index (χ4n) is 5.41. The van der Waals surface area contributed by atoms with Gasteiger partial charge in [-0.15, -0.1) is 5.10 Å². The van der Waals surface area contributed by atoms with Crippen LogP contribution in [0.5, 0.6) is 11.5 Å². The highest BCUT2D eigenvalue weighted by Gasteiger charge is 2.35. The summed E-state index contributed by atoms with van der Waals surface area (Å²) in [5, 5.41) is 12.0. The first-order valence-corrected chi connectivity index (χ1v) is 17.3. The van der Waals surface area contributed by atoms with Crippen LogP contribution in [-0.4, -0.2) is 33.0 Å². The molecule has 0 fully saturated rings. The van der Waals surface area contributed by atoms with E-state index in [9.17, 15) is 4.79 Å². The smallest absolute Gasteiger partial charge is 0.255 e. The fraction of sp³-hybridized carbons (Fsp3) is 0.361. The number of hydrogen-bond donors (Lipinski definition) is 2. The Morgan fingerprint density at radius 3 is 2.48 bits per heavy atom. The number of rotatable bonds is 10. The minimum atomic E-state index is -0.574. The van der Waals surface area contributed by atoms with Crippen molar-refractivity contribution in [2.45, 2.75) is 78.6 Å². The molecule has 242 valence electrons. The Morgan fingerprint density at radius 2 is 1.80 bits per heavy atom. The molecule has 10 heteroatoms. The number of hydrogen-bond acceptors (Lipinski definition) is 7. The molecule has 0 saturated heterocycles. The van der Waals surface area contributed by atoms with Gasteiger partial charge in [0.15, 0.2) is 11.5 Å². The Morgan fingerprint density at radius 1 is 1.07 bits per heavy atom. The number of benzene rings is 3. The van der Waals surface area contributed by atoms with E-state index < -0.39 is 6.04 Å². The molecule has 0 aliphatic carbocycles. The zero-order chi connectivity index (χ0) is 33.2. The van der Waals surface area contributed by atoms with E-state index in [1.807, 2.05) is 58.0 Å². The van der Waals surface area contributed by atoms with Crippen molar-refractivity contribution in [3.63, 3.8) is 0 Å². The van der Waals surface area contributed by atoms with Crippen molar-refractivity contribution >= 4 is 45.2 Å². The molecular formula is C36H42BrN5O3S. The molecule has 2 heterocycles. The highest BCUT2D eigenvalue weighted by molar-refractivity contribution is 9.10. The molecule has 8 nitrogen and oxygen atoms in total. The van der Waals surface area contributed by atoms with Gasteiger partial charge in [0.2, 0.25) is 11.1 Å². The van der Waals surface area contributed by atoms with E-state index in [1.165, 1.54) is 5.56 Å². The third-order valence-electron chi connectivity index (χ3n) is 8.05. The Bertz CT molecular complexity index is 1780. The van der Waals surface area contributed by atoms with E-state index >= 15 is 0 Å². The molecule has 1 atom stereocenters. The number of allylic oxidation sites excluding steroid dienone is 1. The van der Waals surface area contributed by atoms with Gasteiger partial charge >= 0.3 is 0 Å². The standard InChI is InChI=1S/C36H42BrN5O3S/c1-9-44-29-19-25(18-27(37)32(29)45-20-24-14-16-26(17-15-24)36(6,7)8)31-30(33(43)39-28-13-11-12-21(3)22(28)4)23(5)38-34-40-35(46-10-2)41-42(31)34/h11-19,31H,9-10,20H2,1-8H3,(H,39,43)(H,38,40,41). The predicted octanol–water partition coefficient (Wildman–Crippen LogP) is 8.97. The summed E-state index contributed by atoms with van der Waals surface area (Å²) >= 11 is 5.32. The molecule has 0 radical (unpaired) electrons. The van der Waals surface area contributed by atoms with Crippen LogP contribution in [0.1, 0.15) is 75.4 Å². The van der Waals surface area contributed by atoms with Gasteiger partial charge in [-0.05, 0) is 101 Å². The van der Waals surface area contributed by atoms with Crippen molar-refractivity contribution in [2.24, 2.45) is 0 Å². The van der Waals surface area contributed by atoms with Gasteiger partial charge in [-0.2, -0.15) is 4.98 Å². The van der Waals surface area contributed by atoms with E-state index in [-0.39, 0.29) is 11.3 Å². The van der Waals surface area contributed by atoms with Crippen molar-refractivity contribution in [1.82, 2.24) is 14.8 Å². The van der Waals surface area contributed by atoms with Crippen LogP contribution in [0.25, 0.3) is 0 Å². The molecule has 5 rings (SSSR count). The fourth-order valence-corrected chi connectivity index (χ4v) is 6.53. The van der Waals surface area contributed by atoms with Crippen LogP contribution in [0.15, 0.2) is 75.5 Å². The number of halogens is 1. The summed E-state index contributed by atoms with van der Waals surface area (Å²) in [6.07, 6.45) is 0. The Kier molecular flexibility index (Phi) is 10.2. The maximum atomic E-state index is 14.1. The number of ether oxygens (including phenoxy) is 2. The molecule has 3 aromatic carbocycles. The summed E-state index contributed by atoms with van der Waals surface area (Å²) in [4.78, 5) is 18.9. The van der Waals surface area contributed by atoms with Gasteiger partial charge in [-0.1, -0.05) is 75.9 Å². The van der Waals surface area contributed by atoms with Gasteiger partial charge in [-0.3, -0.25) is 4.79 Å². The number of carbonyl (C=O) groups is 1. The summed E-state index contributed by atoms with van der Waals surface area (Å²) < 4.78 is 15.0. The molecule has 1 aliphatic heterocycles. The molecule has 0 bridgehead atoms. The van der Waals surface area contributed by atoms with E-state index in [4.69, 9.17) is 19.6 Å². The van der Waals surface area contributed by atoms with Crippen LogP contribution >= 0.6 is 27.7 Å². The lowest BCUT2D eigenvalue weighted by Crippen LogP contribution is -2.31. The second kappa shape index (κ2) is 13.9. The molecule has 1 aliphatic rings. The largest absolute Gasteiger partial charge is 0.490 e. The van der Waals surface area contributed by atoms with Gasteiger partial charge < -0.3 is 20.1 Å².